The molecular formula is C9H16N2. The number of hydrogen-bond acceptors (Lipinski definition) is 2. The summed E-state index contributed by atoms with van der Waals surface area (Å²) in [4.78, 5) is 1.80. The van der Waals surface area contributed by atoms with E-state index in [9.17, 15) is 0 Å². The van der Waals surface area contributed by atoms with Crippen LogP contribution in [0.4, 0.5) is 0 Å². The minimum atomic E-state index is 0.517. The molecule has 1 fully saturated rings. The van der Waals surface area contributed by atoms with E-state index < -0.39 is 0 Å². The van der Waals surface area contributed by atoms with Crippen molar-refractivity contribution in [3.63, 3.8) is 0 Å². The van der Waals surface area contributed by atoms with Crippen molar-refractivity contribution >= 4 is 0 Å². The lowest BCUT2D eigenvalue weighted by Gasteiger charge is -2.30. The molecule has 2 atom stereocenters. The smallest absolute Gasteiger partial charge is 0.179 e. The summed E-state index contributed by atoms with van der Waals surface area (Å²) in [5.41, 5.74) is 0. The van der Waals surface area contributed by atoms with Crippen LogP contribution in [0.1, 0.15) is 32.6 Å². The molecule has 0 amide bonds. The summed E-state index contributed by atoms with van der Waals surface area (Å²) in [6.07, 6.45) is 7.22. The number of nitriles is 1. The SMILES string of the molecule is CC1CCCC(N(C)C#N)C1. The Bertz CT molecular complexity index is 159. The normalized spacial score (nSPS) is 31.0. The van der Waals surface area contributed by atoms with Crippen molar-refractivity contribution < 1.29 is 0 Å². The van der Waals surface area contributed by atoms with Crippen molar-refractivity contribution in [2.45, 2.75) is 38.6 Å². The molecule has 0 radical (unpaired) electrons. The van der Waals surface area contributed by atoms with Crippen LogP contribution >= 0.6 is 0 Å². The second-order valence-electron chi connectivity index (χ2n) is 3.64. The van der Waals surface area contributed by atoms with Gasteiger partial charge in [0.1, 0.15) is 0 Å². The molecule has 1 rings (SSSR count). The van der Waals surface area contributed by atoms with Gasteiger partial charge in [0.2, 0.25) is 0 Å². The van der Waals surface area contributed by atoms with Gasteiger partial charge in [-0.3, -0.25) is 0 Å². The zero-order valence-corrected chi connectivity index (χ0v) is 7.38. The first-order valence-electron chi connectivity index (χ1n) is 4.36. The standard InChI is InChI=1S/C9H16N2/c1-8-4-3-5-9(6-8)11(2)7-10/h8-9H,3-6H2,1-2H3. The quantitative estimate of drug-likeness (QED) is 0.424. The monoisotopic (exact) mass is 152 g/mol. The van der Waals surface area contributed by atoms with E-state index in [0.717, 1.165) is 5.92 Å². The fourth-order valence-corrected chi connectivity index (χ4v) is 1.84. The van der Waals surface area contributed by atoms with Gasteiger partial charge in [0.15, 0.2) is 6.19 Å². The summed E-state index contributed by atoms with van der Waals surface area (Å²) in [7, 11) is 1.89. The van der Waals surface area contributed by atoms with Crippen molar-refractivity contribution in [2.24, 2.45) is 5.92 Å². The van der Waals surface area contributed by atoms with Gasteiger partial charge >= 0.3 is 0 Å². The highest BCUT2D eigenvalue weighted by Gasteiger charge is 2.21. The molecule has 0 bridgehead atoms. The van der Waals surface area contributed by atoms with Gasteiger partial charge in [-0.1, -0.05) is 19.8 Å². The maximum atomic E-state index is 8.65. The van der Waals surface area contributed by atoms with Gasteiger partial charge < -0.3 is 4.90 Å². The van der Waals surface area contributed by atoms with Crippen molar-refractivity contribution in [1.29, 1.82) is 5.26 Å². The highest BCUT2D eigenvalue weighted by atomic mass is 15.1. The van der Waals surface area contributed by atoms with E-state index >= 15 is 0 Å². The summed E-state index contributed by atoms with van der Waals surface area (Å²) < 4.78 is 0. The zero-order chi connectivity index (χ0) is 8.27. The lowest BCUT2D eigenvalue weighted by atomic mass is 9.86. The van der Waals surface area contributed by atoms with E-state index in [4.69, 9.17) is 5.26 Å². The molecule has 0 saturated heterocycles. The van der Waals surface area contributed by atoms with Crippen LogP contribution < -0.4 is 0 Å². The summed E-state index contributed by atoms with van der Waals surface area (Å²) in [6, 6.07) is 0.517. The zero-order valence-electron chi connectivity index (χ0n) is 7.38. The maximum absolute atomic E-state index is 8.65. The van der Waals surface area contributed by atoms with Crippen LogP contribution in [-0.2, 0) is 0 Å². The van der Waals surface area contributed by atoms with Gasteiger partial charge in [0, 0.05) is 13.1 Å². The van der Waals surface area contributed by atoms with Crippen molar-refractivity contribution in [3.8, 4) is 6.19 Å². The van der Waals surface area contributed by atoms with E-state index in [-0.39, 0.29) is 0 Å². The number of rotatable bonds is 1. The molecule has 62 valence electrons. The molecule has 0 aromatic carbocycles. The van der Waals surface area contributed by atoms with Crippen molar-refractivity contribution in [2.75, 3.05) is 7.05 Å². The van der Waals surface area contributed by atoms with Gasteiger partial charge in [0.25, 0.3) is 0 Å². The number of hydrogen-bond donors (Lipinski definition) is 0. The van der Waals surface area contributed by atoms with Crippen molar-refractivity contribution in [3.05, 3.63) is 0 Å². The third-order valence-corrected chi connectivity index (χ3v) is 2.61. The van der Waals surface area contributed by atoms with Crippen LogP contribution in [0.15, 0.2) is 0 Å². The molecule has 2 nitrogen and oxygen atoms in total. The van der Waals surface area contributed by atoms with Crippen LogP contribution in [0.3, 0.4) is 0 Å². The average Bonchev–Trinajstić information content (AvgIpc) is 2.03. The Morgan fingerprint density at radius 2 is 2.18 bits per heavy atom. The molecule has 2 heteroatoms. The van der Waals surface area contributed by atoms with Crippen molar-refractivity contribution in [1.82, 2.24) is 4.90 Å². The van der Waals surface area contributed by atoms with Crippen LogP contribution in [0.25, 0.3) is 0 Å². The summed E-state index contributed by atoms with van der Waals surface area (Å²) in [5.74, 6) is 0.810. The third kappa shape index (κ3) is 2.11. The molecule has 0 aromatic rings. The summed E-state index contributed by atoms with van der Waals surface area (Å²) >= 11 is 0. The second kappa shape index (κ2) is 3.61. The largest absolute Gasteiger partial charge is 0.311 e. The third-order valence-electron chi connectivity index (χ3n) is 2.61. The van der Waals surface area contributed by atoms with E-state index in [2.05, 4.69) is 13.1 Å². The highest BCUT2D eigenvalue weighted by Crippen LogP contribution is 2.25. The van der Waals surface area contributed by atoms with E-state index in [0.29, 0.717) is 6.04 Å². The Hall–Kier alpha value is -0.710. The van der Waals surface area contributed by atoms with Gasteiger partial charge in [-0.2, -0.15) is 5.26 Å². The van der Waals surface area contributed by atoms with E-state index in [1.807, 2.05) is 7.05 Å². The average molecular weight is 152 g/mol. The predicted molar refractivity (Wildman–Crippen MR) is 44.8 cm³/mol. The minimum absolute atomic E-state index is 0.517. The minimum Gasteiger partial charge on any atom is -0.311 e. The number of nitrogens with zero attached hydrogens (tertiary/aromatic N) is 2. The first kappa shape index (κ1) is 8.39. The van der Waals surface area contributed by atoms with E-state index in [1.54, 1.807) is 4.90 Å². The summed E-state index contributed by atoms with van der Waals surface area (Å²) in [6.45, 7) is 2.28. The predicted octanol–water partition coefficient (Wildman–Crippen LogP) is 1.98. The topological polar surface area (TPSA) is 27.0 Å². The van der Waals surface area contributed by atoms with Crippen LogP contribution in [-0.4, -0.2) is 18.0 Å². The van der Waals surface area contributed by atoms with Gasteiger partial charge in [-0.15, -0.1) is 0 Å². The molecule has 0 heterocycles. The fraction of sp³-hybridized carbons (Fsp3) is 0.889. The Morgan fingerprint density at radius 1 is 1.45 bits per heavy atom. The molecule has 0 N–H and O–H groups in total. The lowest BCUT2D eigenvalue weighted by Crippen LogP contribution is -2.31. The maximum Gasteiger partial charge on any atom is 0.179 e. The first-order chi connectivity index (χ1) is 5.24. The molecule has 11 heavy (non-hydrogen) atoms. The van der Waals surface area contributed by atoms with E-state index in [1.165, 1.54) is 25.7 Å². The Balaban J connectivity index is 2.40. The van der Waals surface area contributed by atoms with Gasteiger partial charge in [-0.05, 0) is 18.8 Å². The molecule has 0 aromatic heterocycles. The lowest BCUT2D eigenvalue weighted by molar-refractivity contribution is 0.220. The van der Waals surface area contributed by atoms with Gasteiger partial charge in [0.05, 0.1) is 0 Å². The highest BCUT2D eigenvalue weighted by molar-refractivity contribution is 4.83. The van der Waals surface area contributed by atoms with Crippen LogP contribution in [0.2, 0.25) is 0 Å². The molecule has 0 spiro atoms. The van der Waals surface area contributed by atoms with Crippen LogP contribution in [0, 0.1) is 17.4 Å². The molecule has 1 aliphatic rings. The second-order valence-corrected chi connectivity index (χ2v) is 3.64. The molecule has 2 unspecified atom stereocenters. The fourth-order valence-electron chi connectivity index (χ4n) is 1.84. The Morgan fingerprint density at radius 3 is 2.73 bits per heavy atom. The summed E-state index contributed by atoms with van der Waals surface area (Å²) in [5, 5.41) is 8.65. The van der Waals surface area contributed by atoms with Gasteiger partial charge in [-0.25, -0.2) is 0 Å². The molecule has 0 aliphatic heterocycles. The first-order valence-corrected chi connectivity index (χ1v) is 4.36. The Labute approximate surface area is 68.8 Å². The molecule has 1 saturated carbocycles. The Kier molecular flexibility index (Phi) is 2.76. The molecular weight excluding hydrogens is 136 g/mol. The van der Waals surface area contributed by atoms with Crippen LogP contribution in [0.5, 0.6) is 0 Å². The molecule has 1 aliphatic carbocycles.